The number of nitrogens with one attached hydrogen (secondary N) is 1. The van der Waals surface area contributed by atoms with Gasteiger partial charge in [-0.05, 0) is 26.2 Å². The molecule has 1 saturated heterocycles. The first-order valence-corrected chi connectivity index (χ1v) is 5.97. The van der Waals surface area contributed by atoms with E-state index in [1.165, 1.54) is 4.90 Å². The summed E-state index contributed by atoms with van der Waals surface area (Å²) in [6.07, 6.45) is 1.73. The van der Waals surface area contributed by atoms with Crippen LogP contribution in [-0.2, 0) is 4.79 Å². The maximum absolute atomic E-state index is 11.8. The number of nitrogens with zero attached hydrogens (tertiary/aromatic N) is 1. The molecule has 1 aliphatic heterocycles. The zero-order valence-electron chi connectivity index (χ0n) is 10.4. The van der Waals surface area contributed by atoms with E-state index in [4.69, 9.17) is 10.2 Å². The Labute approximate surface area is 105 Å². The van der Waals surface area contributed by atoms with E-state index in [1.807, 2.05) is 0 Å². The minimum atomic E-state index is -1.29. The van der Waals surface area contributed by atoms with Crippen molar-refractivity contribution in [1.29, 1.82) is 0 Å². The van der Waals surface area contributed by atoms with Gasteiger partial charge in [0.25, 0.3) is 0 Å². The van der Waals surface area contributed by atoms with Crippen LogP contribution in [0.25, 0.3) is 0 Å². The molecular formula is C11H20N2O5. The van der Waals surface area contributed by atoms with Crippen LogP contribution in [0.2, 0.25) is 0 Å². The Morgan fingerprint density at radius 1 is 1.39 bits per heavy atom. The fraction of sp³-hybridized carbons (Fsp3) is 0.818. The topological polar surface area (TPSA) is 110 Å². The molecule has 7 nitrogen and oxygen atoms in total. The molecule has 18 heavy (non-hydrogen) atoms. The van der Waals surface area contributed by atoms with Gasteiger partial charge in [0.1, 0.15) is 0 Å². The van der Waals surface area contributed by atoms with Gasteiger partial charge in [0.2, 0.25) is 0 Å². The Bertz CT molecular complexity index is 319. The number of aliphatic hydroxyl groups excluding tert-OH is 1. The number of carbonyl (C=O) groups excluding carboxylic acids is 1. The van der Waals surface area contributed by atoms with E-state index < -0.39 is 30.3 Å². The molecule has 1 unspecified atom stereocenters. The molecule has 0 bridgehead atoms. The van der Waals surface area contributed by atoms with Gasteiger partial charge < -0.3 is 25.5 Å². The number of hydrogen-bond donors (Lipinski definition) is 4. The van der Waals surface area contributed by atoms with Crippen molar-refractivity contribution >= 4 is 12.0 Å². The second-order valence-corrected chi connectivity index (χ2v) is 4.86. The lowest BCUT2D eigenvalue weighted by Gasteiger charge is -2.24. The van der Waals surface area contributed by atoms with Gasteiger partial charge in [0.15, 0.2) is 6.04 Å². The SMILES string of the molecule is CC1(O)CCCN(C(=O)N[C@@H](CO)C(=O)O)CC1. The fourth-order valence-electron chi connectivity index (χ4n) is 1.89. The van der Waals surface area contributed by atoms with Gasteiger partial charge in [-0.15, -0.1) is 0 Å². The van der Waals surface area contributed by atoms with E-state index in [1.54, 1.807) is 6.92 Å². The zero-order chi connectivity index (χ0) is 13.8. The van der Waals surface area contributed by atoms with Crippen molar-refractivity contribution in [3.63, 3.8) is 0 Å². The average molecular weight is 260 g/mol. The second kappa shape index (κ2) is 6.01. The number of hydrogen-bond acceptors (Lipinski definition) is 4. The van der Waals surface area contributed by atoms with Crippen LogP contribution in [0.5, 0.6) is 0 Å². The maximum Gasteiger partial charge on any atom is 0.328 e. The van der Waals surface area contributed by atoms with Gasteiger partial charge >= 0.3 is 12.0 Å². The minimum absolute atomic E-state index is 0.372. The number of carboxylic acid groups (broad SMARTS) is 1. The molecule has 1 fully saturated rings. The molecule has 0 aliphatic carbocycles. The third-order valence-corrected chi connectivity index (χ3v) is 3.13. The largest absolute Gasteiger partial charge is 0.480 e. The van der Waals surface area contributed by atoms with Crippen LogP contribution in [-0.4, -0.2) is 63.6 Å². The van der Waals surface area contributed by atoms with Crippen LogP contribution in [0.1, 0.15) is 26.2 Å². The van der Waals surface area contributed by atoms with Crippen molar-refractivity contribution in [2.45, 2.75) is 37.8 Å². The Morgan fingerprint density at radius 2 is 2.06 bits per heavy atom. The van der Waals surface area contributed by atoms with Gasteiger partial charge in [-0.2, -0.15) is 0 Å². The Kier molecular flexibility index (Phi) is 4.92. The minimum Gasteiger partial charge on any atom is -0.480 e. The van der Waals surface area contributed by atoms with E-state index in [0.29, 0.717) is 32.4 Å². The molecule has 1 aliphatic rings. The van der Waals surface area contributed by atoms with E-state index in [0.717, 1.165) is 0 Å². The summed E-state index contributed by atoms with van der Waals surface area (Å²) in [4.78, 5) is 23.9. The first-order valence-electron chi connectivity index (χ1n) is 5.97. The van der Waals surface area contributed by atoms with E-state index in [9.17, 15) is 14.7 Å². The van der Waals surface area contributed by atoms with Crippen LogP contribution in [0.15, 0.2) is 0 Å². The Morgan fingerprint density at radius 3 is 2.61 bits per heavy atom. The summed E-state index contributed by atoms with van der Waals surface area (Å²) in [7, 11) is 0. The van der Waals surface area contributed by atoms with Crippen LogP contribution in [0.3, 0.4) is 0 Å². The predicted molar refractivity (Wildman–Crippen MR) is 63.1 cm³/mol. The Hall–Kier alpha value is -1.34. The molecule has 0 spiro atoms. The lowest BCUT2D eigenvalue weighted by atomic mass is 9.98. The predicted octanol–water partition coefficient (Wildman–Crippen LogP) is -0.622. The molecule has 4 N–H and O–H groups in total. The summed E-state index contributed by atoms with van der Waals surface area (Å²) >= 11 is 0. The highest BCUT2D eigenvalue weighted by Crippen LogP contribution is 2.21. The van der Waals surface area contributed by atoms with Gasteiger partial charge in [-0.25, -0.2) is 9.59 Å². The third kappa shape index (κ3) is 4.15. The molecule has 7 heteroatoms. The molecule has 0 radical (unpaired) electrons. The number of amides is 2. The maximum atomic E-state index is 11.8. The summed E-state index contributed by atoms with van der Waals surface area (Å²) in [5, 5.41) is 29.7. The lowest BCUT2D eigenvalue weighted by molar-refractivity contribution is -0.140. The summed E-state index contributed by atoms with van der Waals surface area (Å²) in [5.74, 6) is -1.27. The first-order chi connectivity index (χ1) is 8.35. The monoisotopic (exact) mass is 260 g/mol. The van der Waals surface area contributed by atoms with Gasteiger partial charge in [0, 0.05) is 13.1 Å². The normalized spacial score (nSPS) is 26.3. The lowest BCUT2D eigenvalue weighted by Crippen LogP contribution is -2.50. The molecule has 0 aromatic carbocycles. The van der Waals surface area contributed by atoms with Gasteiger partial charge in [-0.3, -0.25) is 0 Å². The highest BCUT2D eigenvalue weighted by Gasteiger charge is 2.28. The summed E-state index contributed by atoms with van der Waals surface area (Å²) in [6.45, 7) is 1.92. The quantitative estimate of drug-likeness (QED) is 0.540. The molecule has 2 amide bonds. The van der Waals surface area contributed by atoms with Crippen molar-refractivity contribution in [2.75, 3.05) is 19.7 Å². The molecule has 104 valence electrons. The van der Waals surface area contributed by atoms with Crippen LogP contribution in [0.4, 0.5) is 4.79 Å². The zero-order valence-corrected chi connectivity index (χ0v) is 10.4. The van der Waals surface area contributed by atoms with Crippen molar-refractivity contribution in [1.82, 2.24) is 10.2 Å². The second-order valence-electron chi connectivity index (χ2n) is 4.86. The highest BCUT2D eigenvalue weighted by molar-refractivity contribution is 5.82. The molecular weight excluding hydrogens is 240 g/mol. The molecule has 1 heterocycles. The number of carbonyl (C=O) groups is 2. The molecule has 0 saturated carbocycles. The third-order valence-electron chi connectivity index (χ3n) is 3.13. The Balaban J connectivity index is 2.54. The summed E-state index contributed by atoms with van der Waals surface area (Å²) < 4.78 is 0. The number of aliphatic carboxylic acids is 1. The fourth-order valence-corrected chi connectivity index (χ4v) is 1.89. The number of urea groups is 1. The molecule has 0 aromatic rings. The number of likely N-dealkylation sites (tertiary alicyclic amines) is 1. The van der Waals surface area contributed by atoms with Crippen LogP contribution < -0.4 is 5.32 Å². The number of aliphatic hydroxyl groups is 2. The van der Waals surface area contributed by atoms with Crippen LogP contribution >= 0.6 is 0 Å². The summed E-state index contributed by atoms with van der Waals surface area (Å²) in [5.41, 5.74) is -0.780. The standard InChI is InChI=1S/C11H20N2O5/c1-11(18)3-2-5-13(6-4-11)10(17)12-8(7-14)9(15)16/h8,14,18H,2-7H2,1H3,(H,12,17)(H,15,16)/t8-,11?/m0/s1. The molecule has 1 rings (SSSR count). The van der Waals surface area contributed by atoms with E-state index in [2.05, 4.69) is 5.32 Å². The molecule has 0 aromatic heterocycles. The van der Waals surface area contributed by atoms with Crippen molar-refractivity contribution in [3.8, 4) is 0 Å². The average Bonchev–Trinajstić information content (AvgIpc) is 2.46. The smallest absolute Gasteiger partial charge is 0.328 e. The first kappa shape index (κ1) is 14.7. The molecule has 2 atom stereocenters. The van der Waals surface area contributed by atoms with Crippen molar-refractivity contribution in [2.24, 2.45) is 0 Å². The van der Waals surface area contributed by atoms with Crippen molar-refractivity contribution in [3.05, 3.63) is 0 Å². The van der Waals surface area contributed by atoms with E-state index in [-0.39, 0.29) is 0 Å². The van der Waals surface area contributed by atoms with E-state index >= 15 is 0 Å². The van der Waals surface area contributed by atoms with Gasteiger partial charge in [0.05, 0.1) is 12.2 Å². The van der Waals surface area contributed by atoms with Crippen LogP contribution in [0, 0.1) is 0 Å². The summed E-state index contributed by atoms with van der Waals surface area (Å²) in [6, 6.07) is -1.81. The van der Waals surface area contributed by atoms with Crippen molar-refractivity contribution < 1.29 is 24.9 Å². The van der Waals surface area contributed by atoms with Gasteiger partial charge in [-0.1, -0.05) is 0 Å². The highest BCUT2D eigenvalue weighted by atomic mass is 16.4. The number of carboxylic acids is 1. The number of rotatable bonds is 3.